The van der Waals surface area contributed by atoms with E-state index in [4.69, 9.17) is 0 Å². The molecule has 3 aromatic carbocycles. The van der Waals surface area contributed by atoms with Crippen LogP contribution in [0, 0.1) is 0 Å². The number of fused-ring (bicyclic) bond motifs is 1. The van der Waals surface area contributed by atoms with Crippen molar-refractivity contribution in [1.29, 1.82) is 0 Å². The third kappa shape index (κ3) is 5.55. The lowest BCUT2D eigenvalue weighted by Gasteiger charge is -2.14. The number of alkyl halides is 6. The number of amides is 1. The van der Waals surface area contributed by atoms with Gasteiger partial charge in [0.05, 0.1) is 23.4 Å². The second kappa shape index (κ2) is 10.2. The molecule has 13 heteroatoms. The zero-order valence-electron chi connectivity index (χ0n) is 20.8. The molecule has 1 amide bonds. The van der Waals surface area contributed by atoms with Crippen LogP contribution < -0.4 is 11.0 Å². The van der Waals surface area contributed by atoms with Crippen LogP contribution >= 0.6 is 0 Å². The molecule has 0 unspecified atom stereocenters. The van der Waals surface area contributed by atoms with Gasteiger partial charge in [0.25, 0.3) is 0 Å². The van der Waals surface area contributed by atoms with E-state index < -0.39 is 53.2 Å². The molecule has 5 aromatic rings. The zero-order valence-corrected chi connectivity index (χ0v) is 20.8. The molecular formula is C28H20F6N4O3. The molecule has 0 saturated carbocycles. The summed E-state index contributed by atoms with van der Waals surface area (Å²) < 4.78 is 81.6. The number of carbonyl (C=O) groups excluding carboxylic acids is 1. The summed E-state index contributed by atoms with van der Waals surface area (Å²) in [7, 11) is 0. The fourth-order valence-corrected chi connectivity index (χ4v) is 4.54. The fourth-order valence-electron chi connectivity index (χ4n) is 4.54. The van der Waals surface area contributed by atoms with Crippen molar-refractivity contribution in [2.45, 2.75) is 25.3 Å². The van der Waals surface area contributed by atoms with Gasteiger partial charge in [-0.1, -0.05) is 36.4 Å². The molecule has 0 aliphatic heterocycles. The van der Waals surface area contributed by atoms with Gasteiger partial charge < -0.3 is 15.4 Å². The van der Waals surface area contributed by atoms with Gasteiger partial charge in [0.15, 0.2) is 0 Å². The van der Waals surface area contributed by atoms with Crippen molar-refractivity contribution in [2.24, 2.45) is 0 Å². The number of nitrogens with zero attached hydrogens (tertiary/aromatic N) is 2. The summed E-state index contributed by atoms with van der Waals surface area (Å²) in [5.74, 6) is -0.783. The highest BCUT2D eigenvalue weighted by atomic mass is 19.4. The standard InChI is InChI=1S/C28H20F6N4O3/c29-27(30,31)18-10-16(11-19(13-18)28(32,33)34)15-37-24(39)23(12-17-14-35-22-9-5-4-8-21(17)22)38(26(37)41)25(40)36-20-6-2-1-3-7-20/h1-11,13-14,35,39H,12,15H2,(H,36,40). The Balaban J connectivity index is 1.63. The van der Waals surface area contributed by atoms with Crippen molar-refractivity contribution in [1.82, 2.24) is 14.1 Å². The number of H-pyrrole nitrogens is 1. The van der Waals surface area contributed by atoms with E-state index in [0.29, 0.717) is 32.5 Å². The number of para-hydroxylation sites is 2. The van der Waals surface area contributed by atoms with Crippen LogP contribution in [-0.2, 0) is 25.3 Å². The number of hydrogen-bond acceptors (Lipinski definition) is 3. The number of nitrogens with one attached hydrogen (secondary N) is 2. The van der Waals surface area contributed by atoms with Crippen molar-refractivity contribution < 1.29 is 36.2 Å². The van der Waals surface area contributed by atoms with Crippen LogP contribution in [0.15, 0.2) is 83.8 Å². The molecule has 0 aliphatic carbocycles. The average Bonchev–Trinajstić information content (AvgIpc) is 3.42. The average molecular weight is 574 g/mol. The van der Waals surface area contributed by atoms with Gasteiger partial charge >= 0.3 is 24.1 Å². The largest absolute Gasteiger partial charge is 0.493 e. The molecule has 41 heavy (non-hydrogen) atoms. The number of hydrogen-bond donors (Lipinski definition) is 3. The maximum absolute atomic E-state index is 13.5. The summed E-state index contributed by atoms with van der Waals surface area (Å²) in [6.07, 6.45) is -8.78. The highest BCUT2D eigenvalue weighted by Crippen LogP contribution is 2.37. The van der Waals surface area contributed by atoms with Crippen molar-refractivity contribution in [2.75, 3.05) is 5.32 Å². The molecule has 0 radical (unpaired) electrons. The summed E-state index contributed by atoms with van der Waals surface area (Å²) in [4.78, 5) is 29.7. The fraction of sp³-hybridized carbons (Fsp3) is 0.143. The minimum absolute atomic E-state index is 0.0347. The Morgan fingerprint density at radius 2 is 1.49 bits per heavy atom. The number of aromatic hydroxyl groups is 1. The minimum Gasteiger partial charge on any atom is -0.493 e. The Hall–Kier alpha value is -4.94. The van der Waals surface area contributed by atoms with Crippen LogP contribution in [0.1, 0.15) is 27.9 Å². The van der Waals surface area contributed by atoms with Gasteiger partial charge in [0.2, 0.25) is 5.88 Å². The molecule has 7 nitrogen and oxygen atoms in total. The zero-order chi connectivity index (χ0) is 29.5. The van der Waals surface area contributed by atoms with Crippen LogP contribution in [0.4, 0.5) is 36.8 Å². The van der Waals surface area contributed by atoms with Crippen LogP contribution in [-0.4, -0.2) is 25.3 Å². The number of anilines is 1. The van der Waals surface area contributed by atoms with Crippen LogP contribution in [0.2, 0.25) is 0 Å². The molecule has 0 saturated heterocycles. The normalized spacial score (nSPS) is 12.1. The highest BCUT2D eigenvalue weighted by molar-refractivity contribution is 5.92. The lowest BCUT2D eigenvalue weighted by molar-refractivity contribution is -0.143. The topological polar surface area (TPSA) is 92.0 Å². The predicted octanol–water partition coefficient (Wildman–Crippen LogP) is 6.59. The van der Waals surface area contributed by atoms with Gasteiger partial charge in [-0.3, -0.25) is 4.57 Å². The summed E-state index contributed by atoms with van der Waals surface area (Å²) in [5, 5.41) is 14.3. The molecule has 0 spiro atoms. The van der Waals surface area contributed by atoms with Gasteiger partial charge in [0, 0.05) is 29.2 Å². The van der Waals surface area contributed by atoms with E-state index in [2.05, 4.69) is 10.3 Å². The Bertz CT molecular complexity index is 1770. The monoisotopic (exact) mass is 574 g/mol. The maximum Gasteiger partial charge on any atom is 0.416 e. The molecule has 212 valence electrons. The van der Waals surface area contributed by atoms with Gasteiger partial charge in [-0.15, -0.1) is 0 Å². The second-order valence-corrected chi connectivity index (χ2v) is 9.22. The number of benzene rings is 3. The number of rotatable bonds is 5. The van der Waals surface area contributed by atoms with Crippen molar-refractivity contribution >= 4 is 22.6 Å². The number of aromatic nitrogens is 3. The Morgan fingerprint density at radius 1 is 0.878 bits per heavy atom. The smallest absolute Gasteiger partial charge is 0.416 e. The Labute approximate surface area is 227 Å². The van der Waals surface area contributed by atoms with Gasteiger partial charge in [0.1, 0.15) is 0 Å². The van der Waals surface area contributed by atoms with Crippen LogP contribution in [0.25, 0.3) is 10.9 Å². The lowest BCUT2D eigenvalue weighted by atomic mass is 10.0. The van der Waals surface area contributed by atoms with Crippen molar-refractivity contribution in [3.05, 3.63) is 117 Å². The predicted molar refractivity (Wildman–Crippen MR) is 138 cm³/mol. The molecule has 5 rings (SSSR count). The summed E-state index contributed by atoms with van der Waals surface area (Å²) in [5.41, 5.74) is -3.45. The molecule has 0 bridgehead atoms. The lowest BCUT2D eigenvalue weighted by Crippen LogP contribution is -2.34. The van der Waals surface area contributed by atoms with Crippen LogP contribution in [0.5, 0.6) is 5.88 Å². The van der Waals surface area contributed by atoms with Gasteiger partial charge in [-0.05, 0) is 47.5 Å². The highest BCUT2D eigenvalue weighted by Gasteiger charge is 2.37. The molecule has 2 heterocycles. The number of imidazole rings is 1. The Morgan fingerprint density at radius 3 is 2.12 bits per heavy atom. The third-order valence-corrected chi connectivity index (χ3v) is 6.45. The number of aromatic amines is 1. The number of halogens is 6. The first kappa shape index (κ1) is 27.6. The summed E-state index contributed by atoms with van der Waals surface area (Å²) in [6, 6.07) is 15.0. The van der Waals surface area contributed by atoms with E-state index in [1.165, 1.54) is 0 Å². The summed E-state index contributed by atoms with van der Waals surface area (Å²) in [6.45, 7) is -0.871. The summed E-state index contributed by atoms with van der Waals surface area (Å²) >= 11 is 0. The van der Waals surface area contributed by atoms with E-state index in [1.54, 1.807) is 60.8 Å². The van der Waals surface area contributed by atoms with E-state index in [-0.39, 0.29) is 18.2 Å². The van der Waals surface area contributed by atoms with E-state index in [1.807, 2.05) is 0 Å². The quantitative estimate of drug-likeness (QED) is 0.207. The minimum atomic E-state index is -5.11. The first-order chi connectivity index (χ1) is 19.3. The first-order valence-corrected chi connectivity index (χ1v) is 12.1. The molecule has 0 fully saturated rings. The molecular weight excluding hydrogens is 554 g/mol. The molecule has 0 atom stereocenters. The van der Waals surface area contributed by atoms with Crippen molar-refractivity contribution in [3.8, 4) is 5.88 Å². The maximum atomic E-state index is 13.5. The van der Waals surface area contributed by atoms with E-state index >= 15 is 0 Å². The molecule has 2 aromatic heterocycles. The third-order valence-electron chi connectivity index (χ3n) is 6.45. The molecule has 3 N–H and O–H groups in total. The van der Waals surface area contributed by atoms with Gasteiger partial charge in [-0.25, -0.2) is 14.2 Å². The van der Waals surface area contributed by atoms with Crippen molar-refractivity contribution in [3.63, 3.8) is 0 Å². The second-order valence-electron chi connectivity index (χ2n) is 9.22. The van der Waals surface area contributed by atoms with E-state index in [0.717, 1.165) is 10.9 Å². The number of carbonyl (C=O) groups is 1. The Kier molecular flexibility index (Phi) is 6.89. The van der Waals surface area contributed by atoms with E-state index in [9.17, 15) is 41.0 Å². The SMILES string of the molecule is O=C(Nc1ccccc1)n1c(Cc2c[nH]c3ccccc23)c(O)n(Cc2cc(C(F)(F)F)cc(C(F)(F)F)c2)c1=O. The van der Waals surface area contributed by atoms with Crippen LogP contribution in [0.3, 0.4) is 0 Å². The van der Waals surface area contributed by atoms with Gasteiger partial charge in [-0.2, -0.15) is 26.3 Å². The molecule has 0 aliphatic rings. The first-order valence-electron chi connectivity index (χ1n) is 12.1.